The van der Waals surface area contributed by atoms with Crippen LogP contribution in [0.5, 0.6) is 0 Å². The number of anilines is 1. The van der Waals surface area contributed by atoms with Crippen LogP contribution in [-0.2, 0) is 0 Å². The number of benzene rings is 1. The molecule has 1 aromatic carbocycles. The lowest BCUT2D eigenvalue weighted by Gasteiger charge is -2.10. The van der Waals surface area contributed by atoms with Crippen molar-refractivity contribution < 1.29 is 4.79 Å². The fourth-order valence-corrected chi connectivity index (χ4v) is 2.63. The maximum absolute atomic E-state index is 12.5. The zero-order valence-electron chi connectivity index (χ0n) is 13.4. The number of carbonyl (C=O) groups is 1. The summed E-state index contributed by atoms with van der Waals surface area (Å²) in [5.41, 5.74) is 4.79. The molecule has 2 heterocycles. The number of hydrogen-bond donors (Lipinski definition) is 1. The summed E-state index contributed by atoms with van der Waals surface area (Å²) >= 11 is 0. The van der Waals surface area contributed by atoms with E-state index in [1.54, 1.807) is 12.4 Å². The molecule has 0 radical (unpaired) electrons. The van der Waals surface area contributed by atoms with Gasteiger partial charge in [-0.3, -0.25) is 9.78 Å². The van der Waals surface area contributed by atoms with Crippen molar-refractivity contribution in [2.45, 2.75) is 20.8 Å². The monoisotopic (exact) mass is 306 g/mol. The number of aromatic nitrogens is 3. The largest absolute Gasteiger partial charge is 0.318 e. The molecule has 0 spiro atoms. The second kappa shape index (κ2) is 6.04. The van der Waals surface area contributed by atoms with Crippen LogP contribution in [-0.4, -0.2) is 20.4 Å². The van der Waals surface area contributed by atoms with Gasteiger partial charge in [0.25, 0.3) is 5.91 Å². The molecule has 5 nitrogen and oxygen atoms in total. The maximum atomic E-state index is 12.5. The average molecular weight is 306 g/mol. The molecule has 0 atom stereocenters. The van der Waals surface area contributed by atoms with Gasteiger partial charge < -0.3 is 9.88 Å². The number of hydrogen-bond acceptors (Lipinski definition) is 3. The van der Waals surface area contributed by atoms with Gasteiger partial charge in [0.1, 0.15) is 0 Å². The van der Waals surface area contributed by atoms with Crippen molar-refractivity contribution in [3.05, 3.63) is 71.4 Å². The van der Waals surface area contributed by atoms with Crippen molar-refractivity contribution in [3.8, 4) is 5.69 Å². The summed E-state index contributed by atoms with van der Waals surface area (Å²) in [5.74, 6) is 0.259. The Morgan fingerprint density at radius 3 is 2.48 bits per heavy atom. The average Bonchev–Trinajstić information content (AvgIpc) is 2.84. The highest BCUT2D eigenvalue weighted by molar-refractivity contribution is 6.04. The molecule has 0 aliphatic rings. The van der Waals surface area contributed by atoms with E-state index in [9.17, 15) is 4.79 Å². The molecule has 2 aromatic heterocycles. The number of rotatable bonds is 3. The van der Waals surface area contributed by atoms with Crippen LogP contribution < -0.4 is 5.32 Å². The molecule has 1 amide bonds. The topological polar surface area (TPSA) is 59.8 Å². The zero-order valence-corrected chi connectivity index (χ0v) is 13.4. The van der Waals surface area contributed by atoms with Gasteiger partial charge >= 0.3 is 0 Å². The Hall–Kier alpha value is -2.95. The Morgan fingerprint density at radius 2 is 1.83 bits per heavy atom. The van der Waals surface area contributed by atoms with E-state index in [1.165, 1.54) is 11.8 Å². The van der Waals surface area contributed by atoms with Gasteiger partial charge in [-0.1, -0.05) is 17.7 Å². The highest BCUT2D eigenvalue weighted by atomic mass is 16.1. The number of nitrogens with zero attached hydrogens (tertiary/aromatic N) is 3. The summed E-state index contributed by atoms with van der Waals surface area (Å²) in [5, 5.41) is 2.77. The van der Waals surface area contributed by atoms with Gasteiger partial charge in [0.15, 0.2) is 5.82 Å². The van der Waals surface area contributed by atoms with E-state index in [-0.39, 0.29) is 5.91 Å². The number of aryl methyl sites for hydroxylation is 2. The van der Waals surface area contributed by atoms with E-state index in [2.05, 4.69) is 51.0 Å². The van der Waals surface area contributed by atoms with Crippen LogP contribution in [0.15, 0.2) is 48.9 Å². The predicted molar refractivity (Wildman–Crippen MR) is 90.0 cm³/mol. The van der Waals surface area contributed by atoms with Crippen molar-refractivity contribution in [2.24, 2.45) is 0 Å². The quantitative estimate of drug-likeness (QED) is 0.806. The molecule has 3 aromatic rings. The third-order valence-electron chi connectivity index (χ3n) is 3.77. The molecule has 1 N–H and O–H groups in total. The standard InChI is InChI=1S/C18H18N4O/c1-12-4-6-15(7-5-12)22-13(2)10-16(14(22)3)18(23)21-17-11-19-8-9-20-17/h4-11H,1-3H3,(H,20,21,23). The van der Waals surface area contributed by atoms with E-state index >= 15 is 0 Å². The van der Waals surface area contributed by atoms with Gasteiger partial charge in [0, 0.05) is 29.5 Å². The van der Waals surface area contributed by atoms with Gasteiger partial charge in [-0.05, 0) is 39.0 Å². The summed E-state index contributed by atoms with van der Waals surface area (Å²) < 4.78 is 2.07. The van der Waals surface area contributed by atoms with Gasteiger partial charge in [-0.25, -0.2) is 4.98 Å². The normalized spacial score (nSPS) is 10.6. The molecule has 5 heteroatoms. The fraction of sp³-hybridized carbons (Fsp3) is 0.167. The fourth-order valence-electron chi connectivity index (χ4n) is 2.63. The summed E-state index contributed by atoms with van der Waals surface area (Å²) in [6, 6.07) is 10.1. The van der Waals surface area contributed by atoms with E-state index in [1.807, 2.05) is 19.9 Å². The first-order chi connectivity index (χ1) is 11.1. The first-order valence-electron chi connectivity index (χ1n) is 7.39. The molecular formula is C18H18N4O. The van der Waals surface area contributed by atoms with E-state index in [4.69, 9.17) is 0 Å². The summed E-state index contributed by atoms with van der Waals surface area (Å²) in [6.07, 6.45) is 4.64. The summed E-state index contributed by atoms with van der Waals surface area (Å²) in [6.45, 7) is 5.99. The molecule has 0 bridgehead atoms. The van der Waals surface area contributed by atoms with E-state index in [0.717, 1.165) is 17.1 Å². The lowest BCUT2D eigenvalue weighted by Crippen LogP contribution is -2.14. The Morgan fingerprint density at radius 1 is 1.09 bits per heavy atom. The van der Waals surface area contributed by atoms with Gasteiger partial charge in [-0.15, -0.1) is 0 Å². The van der Waals surface area contributed by atoms with Gasteiger partial charge in [0.05, 0.1) is 11.8 Å². The minimum Gasteiger partial charge on any atom is -0.318 e. The Balaban J connectivity index is 1.94. The van der Waals surface area contributed by atoms with E-state index in [0.29, 0.717) is 11.4 Å². The highest BCUT2D eigenvalue weighted by Gasteiger charge is 2.17. The minimum absolute atomic E-state index is 0.183. The van der Waals surface area contributed by atoms with Crippen LogP contribution >= 0.6 is 0 Å². The first kappa shape index (κ1) is 15.0. The Labute approximate surface area is 135 Å². The molecule has 0 fully saturated rings. The minimum atomic E-state index is -0.183. The number of amides is 1. The van der Waals surface area contributed by atoms with Crippen molar-refractivity contribution in [1.82, 2.24) is 14.5 Å². The third kappa shape index (κ3) is 2.99. The maximum Gasteiger partial charge on any atom is 0.258 e. The van der Waals surface area contributed by atoms with Crippen LogP contribution in [0, 0.1) is 20.8 Å². The van der Waals surface area contributed by atoms with Gasteiger partial charge in [-0.2, -0.15) is 0 Å². The number of carbonyl (C=O) groups excluding carboxylic acids is 1. The highest BCUT2D eigenvalue weighted by Crippen LogP contribution is 2.21. The van der Waals surface area contributed by atoms with Gasteiger partial charge in [0.2, 0.25) is 0 Å². The van der Waals surface area contributed by atoms with E-state index < -0.39 is 0 Å². The molecule has 0 saturated carbocycles. The molecule has 23 heavy (non-hydrogen) atoms. The van der Waals surface area contributed by atoms with Crippen LogP contribution in [0.25, 0.3) is 5.69 Å². The van der Waals surface area contributed by atoms with Crippen molar-refractivity contribution in [1.29, 1.82) is 0 Å². The number of nitrogens with one attached hydrogen (secondary N) is 1. The molecule has 3 rings (SSSR count). The van der Waals surface area contributed by atoms with Crippen molar-refractivity contribution >= 4 is 11.7 Å². The van der Waals surface area contributed by atoms with Crippen LogP contribution in [0.2, 0.25) is 0 Å². The Bertz CT molecular complexity index is 835. The smallest absolute Gasteiger partial charge is 0.258 e. The lowest BCUT2D eigenvalue weighted by atomic mass is 10.2. The molecule has 0 unspecified atom stereocenters. The summed E-state index contributed by atoms with van der Waals surface area (Å²) in [7, 11) is 0. The second-order valence-electron chi connectivity index (χ2n) is 5.50. The zero-order chi connectivity index (χ0) is 16.4. The summed E-state index contributed by atoms with van der Waals surface area (Å²) in [4.78, 5) is 20.5. The molecular weight excluding hydrogens is 288 g/mol. The molecule has 116 valence electrons. The molecule has 0 aliphatic heterocycles. The second-order valence-corrected chi connectivity index (χ2v) is 5.50. The van der Waals surface area contributed by atoms with Crippen molar-refractivity contribution in [2.75, 3.05) is 5.32 Å². The first-order valence-corrected chi connectivity index (χ1v) is 7.39. The van der Waals surface area contributed by atoms with Crippen LogP contribution in [0.4, 0.5) is 5.82 Å². The van der Waals surface area contributed by atoms with Crippen LogP contribution in [0.3, 0.4) is 0 Å². The Kier molecular flexibility index (Phi) is 3.93. The lowest BCUT2D eigenvalue weighted by molar-refractivity contribution is 0.102. The predicted octanol–water partition coefficient (Wildman–Crippen LogP) is 3.44. The third-order valence-corrected chi connectivity index (χ3v) is 3.77. The SMILES string of the molecule is Cc1ccc(-n2c(C)cc(C(=O)Nc3cnccn3)c2C)cc1. The van der Waals surface area contributed by atoms with Crippen LogP contribution in [0.1, 0.15) is 27.3 Å². The van der Waals surface area contributed by atoms with Crippen molar-refractivity contribution in [3.63, 3.8) is 0 Å². The molecule has 0 aliphatic carbocycles. The molecule has 0 saturated heterocycles.